The molecular formula is C31H29F5O6. The first kappa shape index (κ1) is 29.6. The lowest BCUT2D eigenvalue weighted by Crippen LogP contribution is -2.22. The fourth-order valence-electron chi connectivity index (χ4n) is 5.47. The van der Waals surface area contributed by atoms with Crippen LogP contribution in [0.15, 0.2) is 42.5 Å². The van der Waals surface area contributed by atoms with Crippen LogP contribution in [0.1, 0.15) is 67.4 Å². The second-order valence-corrected chi connectivity index (χ2v) is 11.2. The quantitative estimate of drug-likeness (QED) is 0.256. The van der Waals surface area contributed by atoms with Crippen molar-refractivity contribution in [3.8, 4) is 28.4 Å². The van der Waals surface area contributed by atoms with E-state index in [1.165, 1.54) is 19.9 Å². The van der Waals surface area contributed by atoms with Crippen LogP contribution in [0.25, 0.3) is 11.1 Å². The SMILES string of the molecule is CC(C)(O)CCOc1c(F)cc(-c2c(C(F)(F)F)ccc3c2CC[C@H]3Oc2ccc3c(c2)OCC3CC(=O)O)cc1F. The molecule has 1 aliphatic carbocycles. The topological polar surface area (TPSA) is 85.2 Å². The highest BCUT2D eigenvalue weighted by Crippen LogP contribution is 2.47. The molecule has 2 aliphatic rings. The van der Waals surface area contributed by atoms with Crippen LogP contribution < -0.4 is 14.2 Å². The molecule has 0 fully saturated rings. The Bertz CT molecular complexity index is 1490. The summed E-state index contributed by atoms with van der Waals surface area (Å²) < 4.78 is 89.3. The van der Waals surface area contributed by atoms with Crippen LogP contribution in [0, 0.1) is 11.6 Å². The van der Waals surface area contributed by atoms with Crippen LogP contribution in [0.4, 0.5) is 22.0 Å². The van der Waals surface area contributed by atoms with Gasteiger partial charge in [0.05, 0.1) is 30.8 Å². The molecule has 42 heavy (non-hydrogen) atoms. The van der Waals surface area contributed by atoms with E-state index in [0.29, 0.717) is 23.5 Å². The second-order valence-electron chi connectivity index (χ2n) is 11.2. The zero-order valence-corrected chi connectivity index (χ0v) is 22.9. The lowest BCUT2D eigenvalue weighted by molar-refractivity contribution is -0.138. The summed E-state index contributed by atoms with van der Waals surface area (Å²) >= 11 is 0. The number of alkyl halides is 3. The van der Waals surface area contributed by atoms with Crippen molar-refractivity contribution in [3.63, 3.8) is 0 Å². The number of halogens is 5. The Hall–Kier alpha value is -3.86. The van der Waals surface area contributed by atoms with Gasteiger partial charge in [-0.1, -0.05) is 12.1 Å². The van der Waals surface area contributed by atoms with Crippen LogP contribution in [-0.2, 0) is 17.4 Å². The smallest absolute Gasteiger partial charge is 0.417 e. The number of carbonyl (C=O) groups is 1. The van der Waals surface area contributed by atoms with Crippen molar-refractivity contribution in [2.24, 2.45) is 0 Å². The number of aliphatic hydroxyl groups is 1. The maximum atomic E-state index is 15.0. The van der Waals surface area contributed by atoms with E-state index < -0.39 is 46.8 Å². The van der Waals surface area contributed by atoms with E-state index in [-0.39, 0.29) is 55.1 Å². The standard InChI is InChI=1S/C31H29F5O6/c1-30(2,39)9-10-40-29-23(32)11-16(12-24(29)33)28-21-6-8-25(20(21)5-7-22(28)31(34,35)36)42-18-3-4-19-17(13-27(37)38)15-41-26(19)14-18/h3-5,7,11-12,14,17,25,39H,6,8-10,13,15H2,1-2H3,(H,37,38)/t17?,25-/m1/s1. The van der Waals surface area contributed by atoms with E-state index in [9.17, 15) is 31.9 Å². The molecule has 3 aromatic rings. The number of benzene rings is 3. The molecule has 1 heterocycles. The number of hydrogen-bond acceptors (Lipinski definition) is 5. The Balaban J connectivity index is 1.45. The first-order valence-electron chi connectivity index (χ1n) is 13.4. The maximum absolute atomic E-state index is 15.0. The summed E-state index contributed by atoms with van der Waals surface area (Å²) in [5.41, 5.74) is -1.26. The lowest BCUT2D eigenvalue weighted by Gasteiger charge is -2.21. The molecule has 6 nitrogen and oxygen atoms in total. The first-order valence-corrected chi connectivity index (χ1v) is 13.4. The van der Waals surface area contributed by atoms with Crippen molar-refractivity contribution in [2.75, 3.05) is 13.2 Å². The molecule has 0 radical (unpaired) electrons. The number of hydrogen-bond donors (Lipinski definition) is 2. The van der Waals surface area contributed by atoms with E-state index in [1.807, 2.05) is 0 Å². The van der Waals surface area contributed by atoms with Crippen molar-refractivity contribution in [1.82, 2.24) is 0 Å². The Morgan fingerprint density at radius 1 is 1.05 bits per heavy atom. The number of fused-ring (bicyclic) bond motifs is 2. The van der Waals surface area contributed by atoms with Crippen LogP contribution >= 0.6 is 0 Å². The fraction of sp³-hybridized carbons (Fsp3) is 0.387. The van der Waals surface area contributed by atoms with Gasteiger partial charge in [0.25, 0.3) is 0 Å². The minimum Gasteiger partial charge on any atom is -0.492 e. The number of aliphatic carboxylic acids is 1. The molecule has 5 rings (SSSR count). The highest BCUT2D eigenvalue weighted by molar-refractivity contribution is 5.75. The Morgan fingerprint density at radius 3 is 2.38 bits per heavy atom. The number of ether oxygens (including phenoxy) is 3. The van der Waals surface area contributed by atoms with Crippen LogP contribution in [0.2, 0.25) is 0 Å². The van der Waals surface area contributed by atoms with Gasteiger partial charge in [-0.05, 0) is 73.2 Å². The molecule has 1 unspecified atom stereocenters. The largest absolute Gasteiger partial charge is 0.492 e. The molecule has 1 aliphatic heterocycles. The molecule has 0 bridgehead atoms. The van der Waals surface area contributed by atoms with Crippen molar-refractivity contribution < 1.29 is 51.2 Å². The molecule has 0 saturated carbocycles. The van der Waals surface area contributed by atoms with Crippen LogP contribution in [0.5, 0.6) is 17.2 Å². The number of carboxylic acid groups (broad SMARTS) is 1. The predicted octanol–water partition coefficient (Wildman–Crippen LogP) is 7.21. The second kappa shape index (κ2) is 11.1. The van der Waals surface area contributed by atoms with Gasteiger partial charge in [-0.2, -0.15) is 13.2 Å². The molecular weight excluding hydrogens is 563 g/mol. The Kier molecular flexibility index (Phi) is 7.82. The van der Waals surface area contributed by atoms with Gasteiger partial charge in [0, 0.05) is 24.0 Å². The Labute approximate surface area is 238 Å². The van der Waals surface area contributed by atoms with E-state index in [1.54, 1.807) is 18.2 Å². The van der Waals surface area contributed by atoms with Gasteiger partial charge in [-0.3, -0.25) is 4.79 Å². The summed E-state index contributed by atoms with van der Waals surface area (Å²) in [6.45, 7) is 3.04. The van der Waals surface area contributed by atoms with E-state index >= 15 is 0 Å². The molecule has 2 atom stereocenters. The third-order valence-electron chi connectivity index (χ3n) is 7.47. The van der Waals surface area contributed by atoms with Crippen molar-refractivity contribution >= 4 is 5.97 Å². The molecule has 11 heteroatoms. The van der Waals surface area contributed by atoms with E-state index in [0.717, 1.165) is 23.8 Å². The summed E-state index contributed by atoms with van der Waals surface area (Å²) in [6.07, 6.45) is -4.92. The third-order valence-corrected chi connectivity index (χ3v) is 7.47. The zero-order chi connectivity index (χ0) is 30.4. The van der Waals surface area contributed by atoms with E-state index in [4.69, 9.17) is 19.3 Å². The molecule has 2 N–H and O–H groups in total. The molecule has 3 aromatic carbocycles. The van der Waals surface area contributed by atoms with Crippen LogP contribution in [-0.4, -0.2) is 35.0 Å². The van der Waals surface area contributed by atoms with Gasteiger partial charge >= 0.3 is 12.1 Å². The zero-order valence-electron chi connectivity index (χ0n) is 22.9. The summed E-state index contributed by atoms with van der Waals surface area (Å²) in [5.74, 6) is -3.39. The highest BCUT2D eigenvalue weighted by atomic mass is 19.4. The normalized spacial score (nSPS) is 17.9. The maximum Gasteiger partial charge on any atom is 0.417 e. The van der Waals surface area contributed by atoms with Gasteiger partial charge in [0.2, 0.25) is 0 Å². The van der Waals surface area contributed by atoms with Gasteiger partial charge in [-0.25, -0.2) is 8.78 Å². The first-order chi connectivity index (χ1) is 19.7. The minimum absolute atomic E-state index is 0.0807. The summed E-state index contributed by atoms with van der Waals surface area (Å²) in [6, 6.07) is 8.87. The molecule has 224 valence electrons. The van der Waals surface area contributed by atoms with Crippen molar-refractivity contribution in [1.29, 1.82) is 0 Å². The lowest BCUT2D eigenvalue weighted by atomic mass is 9.91. The Morgan fingerprint density at radius 2 is 1.74 bits per heavy atom. The number of carboxylic acids is 1. The average Bonchev–Trinajstić information content (AvgIpc) is 3.47. The average molecular weight is 593 g/mol. The predicted molar refractivity (Wildman–Crippen MR) is 142 cm³/mol. The summed E-state index contributed by atoms with van der Waals surface area (Å²) in [7, 11) is 0. The van der Waals surface area contributed by atoms with Crippen molar-refractivity contribution in [3.05, 3.63) is 76.4 Å². The minimum atomic E-state index is -4.79. The van der Waals surface area contributed by atoms with Gasteiger partial charge in [0.1, 0.15) is 17.6 Å². The van der Waals surface area contributed by atoms with Gasteiger partial charge in [0.15, 0.2) is 17.4 Å². The number of rotatable bonds is 9. The monoisotopic (exact) mass is 592 g/mol. The van der Waals surface area contributed by atoms with E-state index in [2.05, 4.69) is 0 Å². The van der Waals surface area contributed by atoms with Gasteiger partial charge in [-0.15, -0.1) is 0 Å². The summed E-state index contributed by atoms with van der Waals surface area (Å²) in [4.78, 5) is 11.1. The molecule has 0 saturated heterocycles. The highest BCUT2D eigenvalue weighted by Gasteiger charge is 2.39. The van der Waals surface area contributed by atoms with Crippen LogP contribution in [0.3, 0.4) is 0 Å². The summed E-state index contributed by atoms with van der Waals surface area (Å²) in [5, 5.41) is 18.9. The van der Waals surface area contributed by atoms with Crippen molar-refractivity contribution in [2.45, 2.75) is 63.3 Å². The molecule has 0 spiro atoms. The molecule has 0 amide bonds. The fourth-order valence-corrected chi connectivity index (χ4v) is 5.47. The molecule has 0 aromatic heterocycles. The third kappa shape index (κ3) is 6.16. The van der Waals surface area contributed by atoms with Gasteiger partial charge < -0.3 is 24.4 Å².